The number of rotatable bonds is 5. The van der Waals surface area contributed by atoms with Crippen LogP contribution in [0.15, 0.2) is 43.0 Å². The fourth-order valence-corrected chi connectivity index (χ4v) is 1.09. The highest BCUT2D eigenvalue weighted by atomic mass is 35.5. The molecule has 0 unspecified atom stereocenters. The average Bonchev–Trinajstić information content (AvgIpc) is 2.24. The minimum Gasteiger partial charge on any atom is -0.490 e. The van der Waals surface area contributed by atoms with Crippen LogP contribution in [0.25, 0.3) is 6.08 Å². The molecular formula is C12H11ClO2. The molecule has 15 heavy (non-hydrogen) atoms. The summed E-state index contributed by atoms with van der Waals surface area (Å²) in [6, 6.07) is 7.36. The Bertz CT molecular complexity index is 383. The topological polar surface area (TPSA) is 26.3 Å². The average molecular weight is 223 g/mol. The summed E-state index contributed by atoms with van der Waals surface area (Å²) in [6.45, 7) is 4.02. The van der Waals surface area contributed by atoms with Crippen LogP contribution in [-0.4, -0.2) is 11.8 Å². The van der Waals surface area contributed by atoms with E-state index in [1.807, 2.05) is 24.3 Å². The van der Waals surface area contributed by atoms with Crippen LogP contribution >= 0.6 is 11.6 Å². The molecule has 0 radical (unpaired) electrons. The largest absolute Gasteiger partial charge is 0.490 e. The molecule has 0 amide bonds. The summed E-state index contributed by atoms with van der Waals surface area (Å²) in [4.78, 5) is 10.5. The van der Waals surface area contributed by atoms with E-state index in [0.717, 1.165) is 11.3 Å². The van der Waals surface area contributed by atoms with E-state index in [4.69, 9.17) is 16.3 Å². The summed E-state index contributed by atoms with van der Waals surface area (Å²) in [6.07, 6.45) is 4.61. The zero-order valence-electron chi connectivity index (χ0n) is 8.15. The highest BCUT2D eigenvalue weighted by molar-refractivity contribution is 6.66. The molecule has 0 aliphatic carbocycles. The Morgan fingerprint density at radius 1 is 1.53 bits per heavy atom. The Balaban J connectivity index is 2.73. The second kappa shape index (κ2) is 6.04. The smallest absolute Gasteiger partial charge is 0.245 e. The predicted octanol–water partition coefficient (Wildman–Crippen LogP) is 3.03. The van der Waals surface area contributed by atoms with E-state index in [2.05, 4.69) is 6.58 Å². The molecule has 2 nitrogen and oxygen atoms in total. The van der Waals surface area contributed by atoms with Gasteiger partial charge in [0, 0.05) is 0 Å². The van der Waals surface area contributed by atoms with E-state index in [9.17, 15) is 4.79 Å². The first kappa shape index (κ1) is 11.5. The lowest BCUT2D eigenvalue weighted by atomic mass is 10.2. The molecule has 3 heteroatoms. The van der Waals surface area contributed by atoms with Gasteiger partial charge in [-0.05, 0) is 35.4 Å². The van der Waals surface area contributed by atoms with Crippen molar-refractivity contribution in [2.24, 2.45) is 0 Å². The van der Waals surface area contributed by atoms with Gasteiger partial charge in [0.25, 0.3) is 0 Å². The number of carbonyl (C=O) groups is 1. The first-order valence-electron chi connectivity index (χ1n) is 4.43. The molecule has 0 atom stereocenters. The molecule has 0 aliphatic rings. The number of benzene rings is 1. The first-order chi connectivity index (χ1) is 7.22. The highest BCUT2D eigenvalue weighted by Crippen LogP contribution is 2.14. The minimum absolute atomic E-state index is 0.460. The highest BCUT2D eigenvalue weighted by Gasteiger charge is 1.93. The molecule has 0 aliphatic heterocycles. The van der Waals surface area contributed by atoms with E-state index in [1.54, 1.807) is 12.2 Å². The second-order valence-corrected chi connectivity index (χ2v) is 3.18. The van der Waals surface area contributed by atoms with Gasteiger partial charge < -0.3 is 4.74 Å². The van der Waals surface area contributed by atoms with Gasteiger partial charge in [0.1, 0.15) is 12.4 Å². The Kier molecular flexibility index (Phi) is 4.64. The van der Waals surface area contributed by atoms with Crippen molar-refractivity contribution in [1.82, 2.24) is 0 Å². The van der Waals surface area contributed by atoms with Crippen molar-refractivity contribution >= 4 is 22.9 Å². The maximum absolute atomic E-state index is 10.5. The SMILES string of the molecule is C=CCOc1cccc(/C=C/C(=O)Cl)c1. The first-order valence-corrected chi connectivity index (χ1v) is 4.81. The number of ether oxygens (including phenoxy) is 1. The standard InChI is InChI=1S/C12H11ClO2/c1-2-8-15-11-5-3-4-10(9-11)6-7-12(13)14/h2-7,9H,1,8H2/b7-6+. The zero-order valence-corrected chi connectivity index (χ0v) is 8.91. The van der Waals surface area contributed by atoms with Gasteiger partial charge in [-0.2, -0.15) is 0 Å². The summed E-state index contributed by atoms with van der Waals surface area (Å²) in [7, 11) is 0. The van der Waals surface area contributed by atoms with Gasteiger partial charge >= 0.3 is 0 Å². The van der Waals surface area contributed by atoms with Crippen molar-refractivity contribution in [3.8, 4) is 5.75 Å². The third-order valence-corrected chi connectivity index (χ3v) is 1.76. The van der Waals surface area contributed by atoms with Gasteiger partial charge in [0.2, 0.25) is 5.24 Å². The molecule has 0 fully saturated rings. The van der Waals surface area contributed by atoms with E-state index in [-0.39, 0.29) is 0 Å². The monoisotopic (exact) mass is 222 g/mol. The number of halogens is 1. The molecule has 0 heterocycles. The molecule has 0 spiro atoms. The fourth-order valence-electron chi connectivity index (χ4n) is 1.02. The van der Waals surface area contributed by atoms with Crippen LogP contribution in [-0.2, 0) is 4.79 Å². The van der Waals surface area contributed by atoms with Gasteiger partial charge in [0.05, 0.1) is 0 Å². The summed E-state index contributed by atoms with van der Waals surface area (Å²) < 4.78 is 5.33. The number of allylic oxidation sites excluding steroid dienone is 1. The quantitative estimate of drug-likeness (QED) is 0.435. The van der Waals surface area contributed by atoms with Gasteiger partial charge in [0.15, 0.2) is 0 Å². The lowest BCUT2D eigenvalue weighted by Crippen LogP contribution is -1.92. The van der Waals surface area contributed by atoms with Gasteiger partial charge in [-0.15, -0.1) is 0 Å². The Morgan fingerprint density at radius 3 is 3.00 bits per heavy atom. The van der Waals surface area contributed by atoms with E-state index < -0.39 is 5.24 Å². The molecule has 0 saturated heterocycles. The van der Waals surface area contributed by atoms with Crippen LogP contribution in [0, 0.1) is 0 Å². The molecule has 0 saturated carbocycles. The maximum atomic E-state index is 10.5. The van der Waals surface area contributed by atoms with Crippen molar-refractivity contribution in [3.63, 3.8) is 0 Å². The minimum atomic E-state index is -0.493. The maximum Gasteiger partial charge on any atom is 0.245 e. The third-order valence-electron chi connectivity index (χ3n) is 1.63. The Morgan fingerprint density at radius 2 is 2.33 bits per heavy atom. The van der Waals surface area contributed by atoms with E-state index >= 15 is 0 Å². The van der Waals surface area contributed by atoms with Crippen LogP contribution in [0.3, 0.4) is 0 Å². The van der Waals surface area contributed by atoms with Crippen LogP contribution in [0.1, 0.15) is 5.56 Å². The third kappa shape index (κ3) is 4.47. The Hall–Kier alpha value is -1.54. The lowest BCUT2D eigenvalue weighted by Gasteiger charge is -2.03. The lowest BCUT2D eigenvalue weighted by molar-refractivity contribution is -0.107. The van der Waals surface area contributed by atoms with Gasteiger partial charge in [-0.1, -0.05) is 30.9 Å². The number of hydrogen-bond donors (Lipinski definition) is 0. The molecule has 78 valence electrons. The van der Waals surface area contributed by atoms with Gasteiger partial charge in [-0.3, -0.25) is 4.79 Å². The summed E-state index contributed by atoms with van der Waals surface area (Å²) in [5, 5.41) is -0.493. The van der Waals surface area contributed by atoms with Crippen molar-refractivity contribution in [1.29, 1.82) is 0 Å². The summed E-state index contributed by atoms with van der Waals surface area (Å²) in [5.74, 6) is 0.735. The van der Waals surface area contributed by atoms with Gasteiger partial charge in [-0.25, -0.2) is 0 Å². The molecule has 0 bridgehead atoms. The normalized spacial score (nSPS) is 10.2. The summed E-state index contributed by atoms with van der Waals surface area (Å²) in [5.41, 5.74) is 0.866. The second-order valence-electron chi connectivity index (χ2n) is 2.81. The van der Waals surface area contributed by atoms with Crippen molar-refractivity contribution in [2.75, 3.05) is 6.61 Å². The van der Waals surface area contributed by atoms with Crippen LogP contribution in [0.4, 0.5) is 0 Å². The summed E-state index contributed by atoms with van der Waals surface area (Å²) >= 11 is 5.18. The number of carbonyl (C=O) groups excluding carboxylic acids is 1. The molecule has 1 rings (SSSR count). The molecule has 1 aromatic rings. The predicted molar refractivity (Wildman–Crippen MR) is 62.0 cm³/mol. The van der Waals surface area contributed by atoms with Crippen LogP contribution < -0.4 is 4.74 Å². The molecule has 1 aromatic carbocycles. The fraction of sp³-hybridized carbons (Fsp3) is 0.0833. The van der Waals surface area contributed by atoms with Crippen LogP contribution in [0.5, 0.6) is 5.75 Å². The van der Waals surface area contributed by atoms with Crippen molar-refractivity contribution in [2.45, 2.75) is 0 Å². The zero-order chi connectivity index (χ0) is 11.1. The molecular weight excluding hydrogens is 212 g/mol. The molecule has 0 N–H and O–H groups in total. The molecule has 0 aromatic heterocycles. The van der Waals surface area contributed by atoms with Crippen molar-refractivity contribution in [3.05, 3.63) is 48.6 Å². The van der Waals surface area contributed by atoms with E-state index in [1.165, 1.54) is 6.08 Å². The van der Waals surface area contributed by atoms with Crippen LogP contribution in [0.2, 0.25) is 0 Å². The Labute approximate surface area is 93.8 Å². The van der Waals surface area contributed by atoms with Crippen molar-refractivity contribution < 1.29 is 9.53 Å². The number of hydrogen-bond acceptors (Lipinski definition) is 2. The van der Waals surface area contributed by atoms with E-state index in [0.29, 0.717) is 6.61 Å².